The summed E-state index contributed by atoms with van der Waals surface area (Å²) in [5.74, 6) is 13.5. The number of ketones is 1. The summed E-state index contributed by atoms with van der Waals surface area (Å²) in [5, 5.41) is 2.35. The maximum Gasteiger partial charge on any atom is 0.413 e. The van der Waals surface area contributed by atoms with Crippen molar-refractivity contribution in [1.82, 2.24) is 64.7 Å². The second-order valence-electron chi connectivity index (χ2n) is 33.3. The van der Waals surface area contributed by atoms with Crippen LogP contribution in [-0.4, -0.2) is 219 Å². The Hall–Kier alpha value is -16.5. The number of nitrogens with one attached hydrogen (secondary N) is 2. The van der Waals surface area contributed by atoms with Crippen molar-refractivity contribution in [2.75, 3.05) is 112 Å². The van der Waals surface area contributed by atoms with Gasteiger partial charge in [-0.25, -0.2) is 69.2 Å². The van der Waals surface area contributed by atoms with Gasteiger partial charge in [0.25, 0.3) is 0 Å². The van der Waals surface area contributed by atoms with Crippen molar-refractivity contribution >= 4 is 91.6 Å². The average molecular weight is 1940 g/mol. The molecule has 0 unspecified atom stereocenters. The average Bonchev–Trinajstić information content (AvgIpc) is 1.05. The molecule has 0 aliphatic carbocycles. The summed E-state index contributed by atoms with van der Waals surface area (Å²) in [6.07, 6.45) is 35.5. The molecule has 17 rings (SSSR count). The SMILES string of the molecule is CC(=O)Cc1ccc(-c2ccc(CCC=O)o2)cc1.CC(C)(C)OC(=O)N1CCN(c2ncc(-c3ccc(CCC=O)o3)cn2)CC1.CN(C)c1cnc(-c2ccc(CCC=O)o2)cn1.COC(=O)Nc1ncc(-c2ccc(CCC=O)o2)cn1.O=CCCc1ccc(-c2cnc(=O)[nH]c2)o1.O=CCCc1ccc(-c2cnc(N3CCCC3)nc2)o1.O=CCCc1ccc(-c2cnc(N3CCOCC3)nc2)o1. The fourth-order valence-electron chi connectivity index (χ4n) is 13.9. The number of amides is 2. The predicted octanol–water partition coefficient (Wildman–Crippen LogP) is 15.4. The van der Waals surface area contributed by atoms with Crippen LogP contribution in [0.1, 0.15) is 131 Å². The molecule has 14 aromatic rings. The molecule has 2 N–H and O–H groups in total. The Morgan fingerprint density at radius 1 is 0.394 bits per heavy atom. The minimum atomic E-state index is -0.633. The maximum atomic E-state index is 12.2. The number of Topliss-reactive ketones (excluding diaryl/α,β-unsaturated/α-hetero) is 1. The Labute approximate surface area is 818 Å². The lowest BCUT2D eigenvalue weighted by molar-refractivity contribution is -0.116. The van der Waals surface area contributed by atoms with Gasteiger partial charge in [0.15, 0.2) is 5.76 Å². The molecule has 0 saturated carbocycles. The second-order valence-corrected chi connectivity index (χ2v) is 33.3. The summed E-state index contributed by atoms with van der Waals surface area (Å²) in [4.78, 5) is 176. The Kier molecular flexibility index (Phi) is 41.6. The van der Waals surface area contributed by atoms with Crippen molar-refractivity contribution in [2.45, 2.75) is 142 Å². The van der Waals surface area contributed by atoms with Gasteiger partial charge >= 0.3 is 17.9 Å². The van der Waals surface area contributed by atoms with Gasteiger partial charge in [-0.05, 0) is 131 Å². The van der Waals surface area contributed by atoms with Crippen molar-refractivity contribution in [2.24, 2.45) is 0 Å². The number of anilines is 5. The molecule has 0 spiro atoms. The molecule has 39 nitrogen and oxygen atoms in total. The second kappa shape index (κ2) is 55.8. The number of carbonyl (C=O) groups is 10. The molecule has 0 bridgehead atoms. The van der Waals surface area contributed by atoms with E-state index >= 15 is 0 Å². The topological polar surface area (TPSA) is 493 Å². The summed E-state index contributed by atoms with van der Waals surface area (Å²) in [5.41, 5.74) is 5.66. The Morgan fingerprint density at radius 2 is 0.732 bits per heavy atom. The highest BCUT2D eigenvalue weighted by Gasteiger charge is 2.28. The van der Waals surface area contributed by atoms with E-state index in [1.54, 1.807) is 79.6 Å². The molecule has 2 amide bonds. The minimum absolute atomic E-state index is 0.147. The molecule has 0 atom stereocenters. The first-order valence-corrected chi connectivity index (χ1v) is 46.3. The number of ether oxygens (including phenoxy) is 3. The van der Waals surface area contributed by atoms with Crippen molar-refractivity contribution < 1.29 is 93.1 Å². The summed E-state index contributed by atoms with van der Waals surface area (Å²) in [6.45, 7) is 14.7. The summed E-state index contributed by atoms with van der Waals surface area (Å²) < 4.78 is 54.6. The third-order valence-electron chi connectivity index (χ3n) is 21.2. The molecule has 742 valence electrons. The van der Waals surface area contributed by atoms with E-state index in [2.05, 4.69) is 79.7 Å². The molecule has 3 aliphatic heterocycles. The number of methoxy groups -OCH3 is 1. The van der Waals surface area contributed by atoms with Gasteiger partial charge in [0, 0.05) is 230 Å². The Bertz CT molecular complexity index is 6290. The highest BCUT2D eigenvalue weighted by molar-refractivity contribution is 5.82. The van der Waals surface area contributed by atoms with Crippen LogP contribution < -0.4 is 30.6 Å². The van der Waals surface area contributed by atoms with E-state index in [-0.39, 0.29) is 17.8 Å². The summed E-state index contributed by atoms with van der Waals surface area (Å²) in [6, 6.07) is 33.7. The number of nitrogens with zero attached hydrogens (tertiary/aromatic N) is 16. The van der Waals surface area contributed by atoms with Gasteiger partial charge in [0.2, 0.25) is 23.8 Å². The molecular formula is C103H114N18O21. The van der Waals surface area contributed by atoms with Crippen LogP contribution in [0.15, 0.2) is 219 Å². The molecule has 142 heavy (non-hydrogen) atoms. The Morgan fingerprint density at radius 3 is 1.06 bits per heavy atom. The molecule has 3 saturated heterocycles. The van der Waals surface area contributed by atoms with E-state index in [4.69, 9.17) is 40.4 Å². The van der Waals surface area contributed by atoms with Crippen molar-refractivity contribution in [3.8, 4) is 79.4 Å². The van der Waals surface area contributed by atoms with Crippen LogP contribution in [0.4, 0.5) is 39.2 Å². The van der Waals surface area contributed by atoms with Crippen LogP contribution >= 0.6 is 0 Å². The first kappa shape index (κ1) is 106. The number of aldehydes is 7. The number of carbonyl (C=O) groups excluding carboxylic acids is 10. The standard InChI is InChI=1S/C20H26N4O4.C16H16O3.C15H17N3O3.C15H17N3O2.C13H13N3O4.C13H15N3O2.C11H10N2O3/c1-20(2,3)28-19(26)24-10-8-23(9-11-24)18-21-13-15(14-22-18)17-7-6-16(27-17)5-4-12-25;1-12(18)11-13-4-6-14(7-5-13)16-9-8-15(19-16)3-2-10-17;19-7-1-2-13-3-4-14(21-13)12-10-16-15(17-11-12)18-5-8-20-9-6-18;19-9-3-4-13-5-6-14(20-13)12-10-16-15(17-11-12)18-7-1-2-8-18;1-19-13(18)16-12-14-7-9(8-15-12)11-5-4-10(20-11)3-2-6-17;1-16(2)13-9-14-11(8-15-13)12-6-5-10(18-12)4-3-7-17;14-5-1-2-9-3-4-10(16-9)8-6-12-11(15)13-7-8/h6-7,12-14H,4-5,8-11H2,1-3H3;4-10H,2-3,11H2,1H3;3-4,7,10-11H,1-2,5-6,8-9H2;5-6,9-11H,1-4,7-8H2;4-8H,2-3H2,1H3,(H,14,15,16,18);5-9H,3-4H2,1-2H3;3-7H,1-2H2,(H,12,13,15). The van der Waals surface area contributed by atoms with Crippen LogP contribution in [0.2, 0.25) is 0 Å². The van der Waals surface area contributed by atoms with Gasteiger partial charge < -0.3 is 108 Å². The molecule has 13 aromatic heterocycles. The summed E-state index contributed by atoms with van der Waals surface area (Å²) in [7, 11) is 5.08. The number of hydrogen-bond donors (Lipinski definition) is 2. The Balaban J connectivity index is 0.000000159. The molecule has 0 radical (unpaired) electrons. The number of furan rings is 7. The van der Waals surface area contributed by atoms with E-state index < -0.39 is 17.4 Å². The lowest BCUT2D eigenvalue weighted by Crippen LogP contribution is -2.50. The van der Waals surface area contributed by atoms with Gasteiger partial charge in [-0.2, -0.15) is 0 Å². The smallest absolute Gasteiger partial charge is 0.413 e. The molecule has 3 fully saturated rings. The molecule has 3 aliphatic rings. The number of aromatic nitrogens is 12. The number of hydrogen-bond acceptors (Lipinski definition) is 36. The number of aromatic amines is 1. The monoisotopic (exact) mass is 1940 g/mol. The van der Waals surface area contributed by atoms with Crippen molar-refractivity contribution in [1.29, 1.82) is 0 Å². The predicted molar refractivity (Wildman–Crippen MR) is 525 cm³/mol. The highest BCUT2D eigenvalue weighted by atomic mass is 16.6. The van der Waals surface area contributed by atoms with Gasteiger partial charge in [-0.15, -0.1) is 0 Å². The van der Waals surface area contributed by atoms with E-state index in [1.165, 1.54) is 44.7 Å². The van der Waals surface area contributed by atoms with Crippen molar-refractivity contribution in [3.63, 3.8) is 0 Å². The van der Waals surface area contributed by atoms with Crippen LogP contribution in [0.5, 0.6) is 0 Å². The quantitative estimate of drug-likeness (QED) is 0.0348. The zero-order valence-corrected chi connectivity index (χ0v) is 80.2. The number of rotatable bonds is 35. The number of H-pyrrole nitrogens is 1. The van der Waals surface area contributed by atoms with E-state index in [0.29, 0.717) is 182 Å². The van der Waals surface area contributed by atoms with Crippen LogP contribution in [-0.2, 0) is 104 Å². The third kappa shape index (κ3) is 34.3. The molecule has 1 aromatic carbocycles. The largest absolute Gasteiger partial charge is 0.461 e. The molecule has 39 heteroatoms. The van der Waals surface area contributed by atoms with Gasteiger partial charge in [-0.3, -0.25) is 10.1 Å². The first-order chi connectivity index (χ1) is 69.0. The van der Waals surface area contributed by atoms with Crippen molar-refractivity contribution in [3.05, 3.63) is 240 Å². The fourth-order valence-corrected chi connectivity index (χ4v) is 13.9. The van der Waals surface area contributed by atoms with E-state index in [9.17, 15) is 52.7 Å². The maximum absolute atomic E-state index is 12.2. The van der Waals surface area contributed by atoms with Crippen LogP contribution in [0, 0.1) is 0 Å². The third-order valence-corrected chi connectivity index (χ3v) is 21.2. The lowest BCUT2D eigenvalue weighted by atomic mass is 10.1. The minimum Gasteiger partial charge on any atom is -0.461 e. The number of piperazine rings is 1. The molecular weight excluding hydrogens is 1830 g/mol. The summed E-state index contributed by atoms with van der Waals surface area (Å²) >= 11 is 0. The van der Waals surface area contributed by atoms with Crippen LogP contribution in [0.25, 0.3) is 79.4 Å². The zero-order chi connectivity index (χ0) is 101. The lowest BCUT2D eigenvalue weighted by Gasteiger charge is -2.35. The number of aryl methyl sites for hydroxylation is 7. The molecule has 16 heterocycles. The van der Waals surface area contributed by atoms with Gasteiger partial charge in [0.05, 0.1) is 60.5 Å². The normalized spacial score (nSPS) is 12.5. The van der Waals surface area contributed by atoms with E-state index in [0.717, 1.165) is 173 Å². The number of benzene rings is 1. The van der Waals surface area contributed by atoms with E-state index in [1.807, 2.05) is 136 Å². The highest BCUT2D eigenvalue weighted by Crippen LogP contribution is 2.31. The zero-order valence-electron chi connectivity index (χ0n) is 80.2. The van der Waals surface area contributed by atoms with Crippen LogP contribution in [0.3, 0.4) is 0 Å². The fraction of sp³-hybridized carbons (Fsp3) is 0.340. The first-order valence-electron chi connectivity index (χ1n) is 46.3. The van der Waals surface area contributed by atoms with Gasteiger partial charge in [-0.1, -0.05) is 24.3 Å². The van der Waals surface area contributed by atoms with Gasteiger partial charge in [0.1, 0.15) is 142 Å². The number of morpholine rings is 1.